The second-order valence-corrected chi connectivity index (χ2v) is 16.6. The van der Waals surface area contributed by atoms with Crippen LogP contribution in [0.15, 0.2) is 169 Å². The van der Waals surface area contributed by atoms with Gasteiger partial charge in [0.1, 0.15) is 6.04 Å². The van der Waals surface area contributed by atoms with Crippen molar-refractivity contribution in [2.45, 2.75) is 68.4 Å². The van der Waals surface area contributed by atoms with Crippen LogP contribution in [0.2, 0.25) is 0 Å². The second-order valence-electron chi connectivity index (χ2n) is 14.9. The highest BCUT2D eigenvalue weighted by Crippen LogP contribution is 2.47. The lowest BCUT2D eigenvalue weighted by molar-refractivity contribution is -0.263. The summed E-state index contributed by atoms with van der Waals surface area (Å²) in [5.41, 5.74) is 8.15. The lowest BCUT2D eigenvalue weighted by Gasteiger charge is -2.43. The third kappa shape index (κ3) is 9.36. The highest BCUT2D eigenvalue weighted by molar-refractivity contribution is 7.89. The molecule has 300 valence electrons. The number of nitrogens with one attached hydrogen (secondary N) is 2. The maximum Gasteiger partial charge on any atom is 0.241 e. The minimum atomic E-state index is -3.98. The van der Waals surface area contributed by atoms with Crippen LogP contribution in [-0.4, -0.2) is 41.1 Å². The van der Waals surface area contributed by atoms with E-state index in [0.717, 1.165) is 50.0 Å². The maximum atomic E-state index is 13.7. The molecule has 1 unspecified atom stereocenters. The minimum Gasteiger partial charge on any atom is -0.392 e. The fraction of sp³-hybridized carbons (Fsp3) is 0.208. The number of imidazole rings is 1. The van der Waals surface area contributed by atoms with Gasteiger partial charge in [0.05, 0.1) is 47.6 Å². The number of aromatic nitrogens is 2. The molecular weight excluding hydrogens is 761 g/mol. The smallest absolute Gasteiger partial charge is 0.241 e. The van der Waals surface area contributed by atoms with Gasteiger partial charge >= 0.3 is 0 Å². The van der Waals surface area contributed by atoms with E-state index in [-0.39, 0.29) is 36.5 Å². The molecule has 1 aromatic heterocycles. The summed E-state index contributed by atoms with van der Waals surface area (Å²) < 4.78 is 45.4. The normalized spacial score (nSPS) is 18.7. The van der Waals surface area contributed by atoms with Gasteiger partial charge in [0, 0.05) is 18.0 Å². The van der Waals surface area contributed by atoms with E-state index in [2.05, 4.69) is 37.8 Å². The molecule has 1 aliphatic heterocycles. The van der Waals surface area contributed by atoms with Gasteiger partial charge in [-0.25, -0.2) is 13.4 Å². The number of hydrogen-bond donors (Lipinski definition) is 3. The van der Waals surface area contributed by atoms with Crippen molar-refractivity contribution in [2.75, 3.05) is 0 Å². The Hall–Kier alpha value is -5.95. The predicted octanol–water partition coefficient (Wildman–Crippen LogP) is 7.68. The number of aliphatic hydroxyl groups is 1. The fourth-order valence-electron chi connectivity index (χ4n) is 7.63. The van der Waals surface area contributed by atoms with E-state index >= 15 is 0 Å². The number of aliphatic hydroxyl groups excluding tert-OH is 1. The van der Waals surface area contributed by atoms with Crippen LogP contribution >= 0.6 is 0 Å². The highest BCUT2D eigenvalue weighted by Gasteiger charge is 2.42. The molecule has 0 spiro atoms. The quantitative estimate of drug-likeness (QED) is 0.103. The molecule has 10 nitrogen and oxygen atoms in total. The number of carbonyl (C=O) groups is 1. The lowest BCUT2D eigenvalue weighted by Crippen LogP contribution is -2.47. The molecule has 8 rings (SSSR count). The average Bonchev–Trinajstić information content (AvgIpc) is 3.68. The number of aryl methyl sites for hydroxylation is 1. The van der Waals surface area contributed by atoms with Gasteiger partial charge < -0.3 is 24.5 Å². The third-order valence-electron chi connectivity index (χ3n) is 10.8. The Morgan fingerprint density at radius 3 is 2.08 bits per heavy atom. The van der Waals surface area contributed by atoms with Gasteiger partial charge in [0.25, 0.3) is 0 Å². The van der Waals surface area contributed by atoms with E-state index in [1.807, 2.05) is 129 Å². The number of benzene rings is 6. The van der Waals surface area contributed by atoms with Crippen molar-refractivity contribution in [3.63, 3.8) is 0 Å². The predicted molar refractivity (Wildman–Crippen MR) is 226 cm³/mol. The van der Waals surface area contributed by atoms with Gasteiger partial charge in [-0.2, -0.15) is 4.72 Å². The summed E-state index contributed by atoms with van der Waals surface area (Å²) in [5.74, 6) is -0.625. The molecule has 1 fully saturated rings. The first kappa shape index (κ1) is 39.9. The summed E-state index contributed by atoms with van der Waals surface area (Å²) in [7, 11) is -3.98. The summed E-state index contributed by atoms with van der Waals surface area (Å²) in [6.07, 6.45) is 0.574. The zero-order valence-corrected chi connectivity index (χ0v) is 33.4. The van der Waals surface area contributed by atoms with E-state index < -0.39 is 34.4 Å². The molecular formula is C48H46N4O6S. The second kappa shape index (κ2) is 17.9. The van der Waals surface area contributed by atoms with Crippen molar-refractivity contribution in [1.82, 2.24) is 19.6 Å². The van der Waals surface area contributed by atoms with E-state index in [0.29, 0.717) is 6.54 Å². The zero-order chi connectivity index (χ0) is 40.8. The van der Waals surface area contributed by atoms with E-state index in [1.54, 1.807) is 12.1 Å². The van der Waals surface area contributed by atoms with Gasteiger partial charge in [-0.05, 0) is 65.4 Å². The molecule has 6 aromatic carbocycles. The minimum absolute atomic E-state index is 0.0560. The first-order chi connectivity index (χ1) is 28.7. The summed E-state index contributed by atoms with van der Waals surface area (Å²) in [5, 5.41) is 12.7. The van der Waals surface area contributed by atoms with Crippen molar-refractivity contribution in [3.05, 3.63) is 203 Å². The molecule has 0 radical (unpaired) electrons. The number of hydrogen-bond acceptors (Lipinski definition) is 7. The van der Waals surface area contributed by atoms with Gasteiger partial charge in [-0.15, -0.1) is 0 Å². The number of rotatable bonds is 14. The standard InChI is InChI=1S/C48H46N4O6S/c1-33-16-26-40(27-17-33)59(55,56)51-42(28-34-10-4-2-5-11-34)47(54)49-29-35-18-24-39(25-19-35)48-57-44(30-52-32-50-41-14-8-9-15-43(41)52)45(37-12-6-3-7-13-37)46(58-48)38-22-20-36(31-53)21-23-38/h2-27,32,42,44-46,48,51,53H,28-31H2,1H3,(H,49,54)/t42-,44-,45-,46+,48?/m1/s1. The number of nitrogens with zero attached hydrogens (tertiary/aromatic N) is 2. The SMILES string of the molecule is Cc1ccc(S(=O)(=O)N[C@H](Cc2ccccc2)C(=O)NCc2ccc(C3O[C@H](Cn4cnc5ccccc54)[C@@H](c4ccccc4)[C@H](c4ccc(CO)cc4)O3)cc2)cc1. The molecule has 1 saturated heterocycles. The number of sulfonamides is 1. The van der Waals surface area contributed by atoms with Crippen LogP contribution in [-0.2, 0) is 50.4 Å². The number of amides is 1. The average molecular weight is 807 g/mol. The fourth-order valence-corrected chi connectivity index (χ4v) is 8.83. The van der Waals surface area contributed by atoms with Gasteiger partial charge in [0.2, 0.25) is 15.9 Å². The highest BCUT2D eigenvalue weighted by atomic mass is 32.2. The van der Waals surface area contributed by atoms with Crippen LogP contribution in [0.4, 0.5) is 0 Å². The van der Waals surface area contributed by atoms with Crippen LogP contribution in [0.3, 0.4) is 0 Å². The molecule has 5 atom stereocenters. The van der Waals surface area contributed by atoms with Crippen LogP contribution < -0.4 is 10.0 Å². The first-order valence-electron chi connectivity index (χ1n) is 19.7. The van der Waals surface area contributed by atoms with Crippen LogP contribution in [0.1, 0.15) is 57.3 Å². The first-order valence-corrected chi connectivity index (χ1v) is 21.2. The van der Waals surface area contributed by atoms with Crippen LogP contribution in [0.5, 0.6) is 0 Å². The number of para-hydroxylation sites is 2. The Labute approximate surface area is 344 Å². The van der Waals surface area contributed by atoms with Gasteiger partial charge in [-0.3, -0.25) is 4.79 Å². The topological polar surface area (TPSA) is 132 Å². The van der Waals surface area contributed by atoms with E-state index in [1.165, 1.54) is 12.1 Å². The monoisotopic (exact) mass is 806 g/mol. The summed E-state index contributed by atoms with van der Waals surface area (Å²) in [4.78, 5) is 18.5. The Morgan fingerprint density at radius 1 is 0.729 bits per heavy atom. The van der Waals surface area contributed by atoms with Crippen LogP contribution in [0.25, 0.3) is 11.0 Å². The third-order valence-corrected chi connectivity index (χ3v) is 12.3. The van der Waals surface area contributed by atoms with E-state index in [4.69, 9.17) is 9.47 Å². The number of fused-ring (bicyclic) bond motifs is 1. The Morgan fingerprint density at radius 2 is 1.37 bits per heavy atom. The molecule has 11 heteroatoms. The molecule has 2 heterocycles. The molecule has 0 aliphatic carbocycles. The van der Waals surface area contributed by atoms with Crippen molar-refractivity contribution in [1.29, 1.82) is 0 Å². The molecule has 59 heavy (non-hydrogen) atoms. The Balaban J connectivity index is 1.04. The molecule has 3 N–H and O–H groups in total. The Kier molecular flexibility index (Phi) is 12.1. The Bertz CT molecular complexity index is 2580. The number of carbonyl (C=O) groups excluding carboxylic acids is 1. The molecule has 0 saturated carbocycles. The van der Waals surface area contributed by atoms with Gasteiger partial charge in [0.15, 0.2) is 6.29 Å². The van der Waals surface area contributed by atoms with E-state index in [9.17, 15) is 18.3 Å². The summed E-state index contributed by atoms with van der Waals surface area (Å²) in [6, 6.07) is 48.7. The largest absolute Gasteiger partial charge is 0.392 e. The van der Waals surface area contributed by atoms with Crippen LogP contribution in [0, 0.1) is 6.92 Å². The maximum absolute atomic E-state index is 13.7. The molecule has 1 amide bonds. The number of ether oxygens (including phenoxy) is 2. The van der Waals surface area contributed by atoms with Gasteiger partial charge in [-0.1, -0.05) is 139 Å². The zero-order valence-electron chi connectivity index (χ0n) is 32.6. The van der Waals surface area contributed by atoms with Crippen molar-refractivity contribution < 1.29 is 27.8 Å². The van der Waals surface area contributed by atoms with Crippen molar-refractivity contribution in [3.8, 4) is 0 Å². The summed E-state index contributed by atoms with van der Waals surface area (Å²) >= 11 is 0. The lowest BCUT2D eigenvalue weighted by atomic mass is 9.83. The summed E-state index contributed by atoms with van der Waals surface area (Å²) in [6.45, 7) is 2.53. The molecule has 0 bridgehead atoms. The molecule has 1 aliphatic rings. The molecule has 7 aromatic rings. The van der Waals surface area contributed by atoms with Crippen molar-refractivity contribution in [2.24, 2.45) is 0 Å². The van der Waals surface area contributed by atoms with Crippen molar-refractivity contribution >= 4 is 27.0 Å².